The standard InChI is InChI=1S/C15H21BrN2O.ClH/c1-10-6-7-18(12(8-10)9-17)15(19)13-4-3-5-14(16)11(13)2;/h3-5,10,12H,6-9,17H2,1-2H3;1H. The van der Waals surface area contributed by atoms with Crippen molar-refractivity contribution < 1.29 is 4.79 Å². The van der Waals surface area contributed by atoms with Crippen LogP contribution >= 0.6 is 28.3 Å². The average molecular weight is 362 g/mol. The fourth-order valence-corrected chi connectivity index (χ4v) is 3.10. The molecule has 2 rings (SSSR count). The zero-order valence-corrected chi connectivity index (χ0v) is 14.3. The van der Waals surface area contributed by atoms with Crippen molar-refractivity contribution in [3.05, 3.63) is 33.8 Å². The number of hydrogen-bond donors (Lipinski definition) is 1. The molecule has 1 aliphatic heterocycles. The van der Waals surface area contributed by atoms with Gasteiger partial charge in [-0.15, -0.1) is 12.4 Å². The molecule has 0 saturated carbocycles. The summed E-state index contributed by atoms with van der Waals surface area (Å²) in [4.78, 5) is 14.7. The number of carbonyl (C=O) groups is 1. The third-order valence-electron chi connectivity index (χ3n) is 4.01. The Kier molecular flexibility index (Phi) is 6.49. The first-order valence-electron chi connectivity index (χ1n) is 6.80. The third-order valence-corrected chi connectivity index (χ3v) is 4.87. The van der Waals surface area contributed by atoms with Gasteiger partial charge in [0.2, 0.25) is 0 Å². The molecule has 0 spiro atoms. The maximum Gasteiger partial charge on any atom is 0.254 e. The second-order valence-corrected chi connectivity index (χ2v) is 6.28. The van der Waals surface area contributed by atoms with Crippen LogP contribution in [-0.2, 0) is 0 Å². The Morgan fingerprint density at radius 2 is 2.20 bits per heavy atom. The highest BCUT2D eigenvalue weighted by molar-refractivity contribution is 9.10. The Morgan fingerprint density at radius 3 is 2.85 bits per heavy atom. The zero-order valence-electron chi connectivity index (χ0n) is 11.9. The summed E-state index contributed by atoms with van der Waals surface area (Å²) in [6.07, 6.45) is 2.07. The minimum atomic E-state index is 0. The lowest BCUT2D eigenvalue weighted by atomic mass is 9.91. The van der Waals surface area contributed by atoms with E-state index in [0.717, 1.165) is 35.0 Å². The lowest BCUT2D eigenvalue weighted by Gasteiger charge is -2.38. The van der Waals surface area contributed by atoms with Gasteiger partial charge in [-0.1, -0.05) is 28.9 Å². The monoisotopic (exact) mass is 360 g/mol. The minimum Gasteiger partial charge on any atom is -0.334 e. The van der Waals surface area contributed by atoms with Gasteiger partial charge in [-0.3, -0.25) is 4.79 Å². The number of nitrogens with zero attached hydrogens (tertiary/aromatic N) is 1. The van der Waals surface area contributed by atoms with Gasteiger partial charge >= 0.3 is 0 Å². The van der Waals surface area contributed by atoms with Gasteiger partial charge in [0.25, 0.3) is 5.91 Å². The summed E-state index contributed by atoms with van der Waals surface area (Å²) in [5.74, 6) is 0.766. The van der Waals surface area contributed by atoms with Crippen molar-refractivity contribution in [1.82, 2.24) is 4.90 Å². The maximum absolute atomic E-state index is 12.7. The van der Waals surface area contributed by atoms with Crippen molar-refractivity contribution in [3.8, 4) is 0 Å². The number of hydrogen-bond acceptors (Lipinski definition) is 2. The molecule has 3 nitrogen and oxygen atoms in total. The predicted molar refractivity (Wildman–Crippen MR) is 88.4 cm³/mol. The van der Waals surface area contributed by atoms with Crippen LogP contribution in [0, 0.1) is 12.8 Å². The zero-order chi connectivity index (χ0) is 14.0. The van der Waals surface area contributed by atoms with Gasteiger partial charge in [0.1, 0.15) is 0 Å². The van der Waals surface area contributed by atoms with Gasteiger partial charge in [0, 0.05) is 29.2 Å². The van der Waals surface area contributed by atoms with Gasteiger partial charge in [-0.25, -0.2) is 0 Å². The highest BCUT2D eigenvalue weighted by atomic mass is 79.9. The number of halogens is 2. The van der Waals surface area contributed by atoms with Crippen LogP contribution < -0.4 is 5.73 Å². The van der Waals surface area contributed by atoms with E-state index in [0.29, 0.717) is 12.5 Å². The van der Waals surface area contributed by atoms with Crippen LogP contribution in [0.2, 0.25) is 0 Å². The molecular formula is C15H22BrClN2O. The summed E-state index contributed by atoms with van der Waals surface area (Å²) in [5.41, 5.74) is 7.62. The fourth-order valence-electron chi connectivity index (χ4n) is 2.74. The van der Waals surface area contributed by atoms with Gasteiger partial charge in [-0.2, -0.15) is 0 Å². The largest absolute Gasteiger partial charge is 0.334 e. The molecule has 1 aromatic carbocycles. The van der Waals surface area contributed by atoms with E-state index in [1.165, 1.54) is 0 Å². The Balaban J connectivity index is 0.00000200. The molecule has 20 heavy (non-hydrogen) atoms. The first kappa shape index (κ1) is 17.5. The molecule has 0 aliphatic carbocycles. The fraction of sp³-hybridized carbons (Fsp3) is 0.533. The van der Waals surface area contributed by atoms with Crippen LogP contribution in [0.25, 0.3) is 0 Å². The van der Waals surface area contributed by atoms with Crippen molar-refractivity contribution in [3.63, 3.8) is 0 Å². The molecule has 1 saturated heterocycles. The van der Waals surface area contributed by atoms with E-state index < -0.39 is 0 Å². The van der Waals surface area contributed by atoms with E-state index in [-0.39, 0.29) is 24.4 Å². The summed E-state index contributed by atoms with van der Waals surface area (Å²) in [6, 6.07) is 5.95. The van der Waals surface area contributed by atoms with Crippen LogP contribution in [0.1, 0.15) is 35.7 Å². The smallest absolute Gasteiger partial charge is 0.254 e. The van der Waals surface area contributed by atoms with Crippen LogP contribution in [0.5, 0.6) is 0 Å². The van der Waals surface area contributed by atoms with Crippen molar-refractivity contribution in [2.24, 2.45) is 11.7 Å². The topological polar surface area (TPSA) is 46.3 Å². The van der Waals surface area contributed by atoms with Gasteiger partial charge in [0.15, 0.2) is 0 Å². The number of nitrogens with two attached hydrogens (primary N) is 1. The van der Waals surface area contributed by atoms with Crippen LogP contribution in [-0.4, -0.2) is 29.9 Å². The Hall–Kier alpha value is -0.580. The normalized spacial score (nSPS) is 22.3. The molecule has 0 bridgehead atoms. The van der Waals surface area contributed by atoms with Crippen LogP contribution in [0.15, 0.2) is 22.7 Å². The molecule has 2 atom stereocenters. The highest BCUT2D eigenvalue weighted by Gasteiger charge is 2.30. The number of likely N-dealkylation sites (tertiary alicyclic amines) is 1. The number of amides is 1. The van der Waals surface area contributed by atoms with Crippen molar-refractivity contribution in [2.75, 3.05) is 13.1 Å². The Bertz CT molecular complexity index is 481. The molecule has 112 valence electrons. The van der Waals surface area contributed by atoms with E-state index in [1.807, 2.05) is 30.0 Å². The molecule has 5 heteroatoms. The van der Waals surface area contributed by atoms with Crippen LogP contribution in [0.3, 0.4) is 0 Å². The summed E-state index contributed by atoms with van der Waals surface area (Å²) in [7, 11) is 0. The molecule has 1 fully saturated rings. The third kappa shape index (κ3) is 3.54. The number of rotatable bonds is 2. The molecule has 0 radical (unpaired) electrons. The first-order valence-corrected chi connectivity index (χ1v) is 7.60. The summed E-state index contributed by atoms with van der Waals surface area (Å²) >= 11 is 3.48. The highest BCUT2D eigenvalue weighted by Crippen LogP contribution is 2.26. The van der Waals surface area contributed by atoms with Gasteiger partial charge in [-0.05, 0) is 43.4 Å². The van der Waals surface area contributed by atoms with Gasteiger partial charge in [0.05, 0.1) is 0 Å². The Morgan fingerprint density at radius 1 is 1.50 bits per heavy atom. The Labute approximate surface area is 135 Å². The lowest BCUT2D eigenvalue weighted by molar-refractivity contribution is 0.0573. The minimum absolute atomic E-state index is 0. The van der Waals surface area contributed by atoms with Crippen molar-refractivity contribution in [2.45, 2.75) is 32.7 Å². The second kappa shape index (κ2) is 7.43. The molecule has 1 amide bonds. The molecule has 1 aromatic rings. The summed E-state index contributed by atoms with van der Waals surface area (Å²) < 4.78 is 0.980. The molecule has 2 unspecified atom stereocenters. The SMILES string of the molecule is Cc1c(Br)cccc1C(=O)N1CCC(C)CC1CN.Cl. The summed E-state index contributed by atoms with van der Waals surface area (Å²) in [6.45, 7) is 5.56. The average Bonchev–Trinajstić information content (AvgIpc) is 2.41. The van der Waals surface area contributed by atoms with E-state index in [1.54, 1.807) is 0 Å². The molecule has 0 aromatic heterocycles. The van der Waals surface area contributed by atoms with E-state index in [4.69, 9.17) is 5.73 Å². The van der Waals surface area contributed by atoms with Crippen molar-refractivity contribution >= 4 is 34.2 Å². The number of piperidine rings is 1. The first-order chi connectivity index (χ1) is 9.04. The predicted octanol–water partition coefficient (Wildman–Crippen LogP) is 3.38. The molecule has 1 aliphatic rings. The maximum atomic E-state index is 12.7. The molecule has 2 N–H and O–H groups in total. The molecular weight excluding hydrogens is 340 g/mol. The van der Waals surface area contributed by atoms with Crippen LogP contribution in [0.4, 0.5) is 0 Å². The van der Waals surface area contributed by atoms with E-state index >= 15 is 0 Å². The summed E-state index contributed by atoms with van der Waals surface area (Å²) in [5, 5.41) is 0. The molecule has 1 heterocycles. The van der Waals surface area contributed by atoms with Gasteiger partial charge < -0.3 is 10.6 Å². The van der Waals surface area contributed by atoms with Crippen molar-refractivity contribution in [1.29, 1.82) is 0 Å². The van der Waals surface area contributed by atoms with E-state index in [9.17, 15) is 4.79 Å². The quantitative estimate of drug-likeness (QED) is 0.878. The second-order valence-electron chi connectivity index (χ2n) is 5.43. The number of benzene rings is 1. The number of carbonyl (C=O) groups excluding carboxylic acids is 1. The van der Waals surface area contributed by atoms with E-state index in [2.05, 4.69) is 22.9 Å². The lowest BCUT2D eigenvalue weighted by Crippen LogP contribution is -2.49.